The zero-order valence-electron chi connectivity index (χ0n) is 16.7. The maximum atomic E-state index is 12.5. The molecule has 0 bridgehead atoms. The van der Waals surface area contributed by atoms with Gasteiger partial charge in [0.05, 0.1) is 11.8 Å². The van der Waals surface area contributed by atoms with E-state index in [1.807, 2.05) is 23.6 Å². The number of hydrogen-bond acceptors (Lipinski definition) is 5. The molecule has 0 fully saturated rings. The van der Waals surface area contributed by atoms with E-state index in [1.165, 1.54) is 11.8 Å². The summed E-state index contributed by atoms with van der Waals surface area (Å²) in [5.41, 5.74) is 1.13. The monoisotopic (exact) mass is 518 g/mol. The summed E-state index contributed by atoms with van der Waals surface area (Å²) < 4.78 is 2.76. The smallest absolute Gasteiger partial charge is 0.251 e. The van der Waals surface area contributed by atoms with Crippen molar-refractivity contribution in [1.82, 2.24) is 20.1 Å². The first-order chi connectivity index (χ1) is 14.9. The van der Waals surface area contributed by atoms with Gasteiger partial charge in [0, 0.05) is 27.2 Å². The summed E-state index contributed by atoms with van der Waals surface area (Å²) in [6, 6.07) is 13.5. The number of carbonyl (C=O) groups excluding carboxylic acids is 2. The first kappa shape index (κ1) is 23.2. The predicted molar refractivity (Wildman–Crippen MR) is 127 cm³/mol. The van der Waals surface area contributed by atoms with Gasteiger partial charge in [-0.25, -0.2) is 0 Å². The van der Waals surface area contributed by atoms with Gasteiger partial charge in [-0.2, -0.15) is 0 Å². The van der Waals surface area contributed by atoms with Gasteiger partial charge >= 0.3 is 0 Å². The van der Waals surface area contributed by atoms with Crippen LogP contribution in [-0.2, 0) is 6.54 Å². The van der Waals surface area contributed by atoms with Crippen molar-refractivity contribution < 1.29 is 9.59 Å². The first-order valence-corrected chi connectivity index (χ1v) is 11.6. The molecule has 0 spiro atoms. The molecule has 1 amide bonds. The van der Waals surface area contributed by atoms with Crippen molar-refractivity contribution in [2.24, 2.45) is 0 Å². The fourth-order valence-corrected chi connectivity index (χ4v) is 4.06. The fourth-order valence-electron chi connectivity index (χ4n) is 2.82. The molecule has 31 heavy (non-hydrogen) atoms. The summed E-state index contributed by atoms with van der Waals surface area (Å²) in [4.78, 5) is 25.0. The molecule has 1 N–H and O–H groups in total. The Kier molecular flexibility index (Phi) is 8.06. The fraction of sp³-hybridized carbons (Fsp3) is 0.182. The van der Waals surface area contributed by atoms with E-state index < -0.39 is 6.04 Å². The van der Waals surface area contributed by atoms with Gasteiger partial charge in [-0.3, -0.25) is 9.59 Å². The van der Waals surface area contributed by atoms with Gasteiger partial charge in [-0.1, -0.05) is 57.5 Å². The molecule has 1 atom stereocenters. The summed E-state index contributed by atoms with van der Waals surface area (Å²) in [5.74, 6) is 0.566. The second-order valence-corrected chi connectivity index (χ2v) is 8.96. The van der Waals surface area contributed by atoms with Crippen molar-refractivity contribution in [3.8, 4) is 0 Å². The van der Waals surface area contributed by atoms with E-state index in [0.717, 1.165) is 4.47 Å². The van der Waals surface area contributed by atoms with Crippen LogP contribution in [-0.4, -0.2) is 32.2 Å². The lowest BCUT2D eigenvalue weighted by Gasteiger charge is -2.15. The Morgan fingerprint density at radius 2 is 1.81 bits per heavy atom. The Bertz CT molecular complexity index is 1080. The number of thioether (sulfide) groups is 1. The van der Waals surface area contributed by atoms with E-state index in [1.54, 1.807) is 42.5 Å². The molecule has 1 heterocycles. The second-order valence-electron chi connectivity index (χ2n) is 6.66. The van der Waals surface area contributed by atoms with E-state index in [4.69, 9.17) is 11.6 Å². The summed E-state index contributed by atoms with van der Waals surface area (Å²) in [5, 5.41) is 12.6. The van der Waals surface area contributed by atoms with Crippen LogP contribution < -0.4 is 5.32 Å². The molecular weight excluding hydrogens is 500 g/mol. The molecule has 160 valence electrons. The van der Waals surface area contributed by atoms with Crippen molar-refractivity contribution in [1.29, 1.82) is 0 Å². The molecule has 6 nitrogen and oxygen atoms in total. The van der Waals surface area contributed by atoms with Gasteiger partial charge in [-0.05, 0) is 43.3 Å². The third-order valence-electron chi connectivity index (χ3n) is 4.40. The normalized spacial score (nSPS) is 11.7. The molecule has 0 saturated heterocycles. The maximum absolute atomic E-state index is 12.5. The SMILES string of the molecule is C=CCn1c(SCC(=O)c2ccc(Br)cc2)nnc1[C@@H](C)NC(=O)c1ccc(Cl)cc1. The molecule has 2 aromatic carbocycles. The zero-order valence-corrected chi connectivity index (χ0v) is 19.9. The predicted octanol–water partition coefficient (Wildman–Crippen LogP) is 5.35. The van der Waals surface area contributed by atoms with Gasteiger partial charge in [-0.15, -0.1) is 16.8 Å². The van der Waals surface area contributed by atoms with Gasteiger partial charge in [0.15, 0.2) is 16.8 Å². The minimum atomic E-state index is -0.396. The minimum Gasteiger partial charge on any atom is -0.342 e. The second kappa shape index (κ2) is 10.7. The zero-order chi connectivity index (χ0) is 22.4. The van der Waals surface area contributed by atoms with Crippen molar-refractivity contribution >= 4 is 51.0 Å². The molecular formula is C22H20BrClN4O2S. The number of nitrogens with one attached hydrogen (secondary N) is 1. The molecule has 3 aromatic rings. The Balaban J connectivity index is 1.70. The summed E-state index contributed by atoms with van der Waals surface area (Å²) in [6.45, 7) is 6.08. The highest BCUT2D eigenvalue weighted by molar-refractivity contribution is 9.10. The number of halogens is 2. The van der Waals surface area contributed by atoms with Crippen LogP contribution in [0.2, 0.25) is 5.02 Å². The quantitative estimate of drug-likeness (QED) is 0.234. The number of ketones is 1. The van der Waals surface area contributed by atoms with Crippen LogP contribution in [0.25, 0.3) is 0 Å². The standard InChI is InChI=1S/C22H20BrClN4O2S/c1-3-12-28-20(14(2)25-21(30)16-6-10-18(24)11-7-16)26-27-22(28)31-13-19(29)15-4-8-17(23)9-5-15/h3-11,14H,1,12-13H2,2H3,(H,25,30)/t14-/m1/s1. The van der Waals surface area contributed by atoms with Crippen LogP contribution in [0.1, 0.15) is 39.5 Å². The van der Waals surface area contributed by atoms with E-state index >= 15 is 0 Å². The molecule has 0 unspecified atom stereocenters. The Labute approximate surface area is 198 Å². The van der Waals surface area contributed by atoms with E-state index in [9.17, 15) is 9.59 Å². The highest BCUT2D eigenvalue weighted by atomic mass is 79.9. The molecule has 0 aliphatic heterocycles. The number of hydrogen-bond donors (Lipinski definition) is 1. The maximum Gasteiger partial charge on any atom is 0.251 e. The van der Waals surface area contributed by atoms with E-state index in [-0.39, 0.29) is 17.4 Å². The van der Waals surface area contributed by atoms with Crippen LogP contribution in [0.15, 0.2) is 70.8 Å². The molecule has 0 saturated carbocycles. The summed E-state index contributed by atoms with van der Waals surface area (Å²) >= 11 is 10.6. The molecule has 3 rings (SSSR count). The third-order valence-corrected chi connectivity index (χ3v) is 6.14. The van der Waals surface area contributed by atoms with Crippen molar-refractivity contribution in [2.75, 3.05) is 5.75 Å². The number of allylic oxidation sites excluding steroid dienone is 1. The average Bonchev–Trinajstić information content (AvgIpc) is 3.16. The topological polar surface area (TPSA) is 76.9 Å². The Hall–Kier alpha value is -2.42. The largest absolute Gasteiger partial charge is 0.342 e. The van der Waals surface area contributed by atoms with Gasteiger partial charge < -0.3 is 9.88 Å². The van der Waals surface area contributed by atoms with Gasteiger partial charge in [0.1, 0.15) is 0 Å². The molecule has 9 heteroatoms. The van der Waals surface area contributed by atoms with Crippen LogP contribution in [0.4, 0.5) is 0 Å². The van der Waals surface area contributed by atoms with E-state index in [0.29, 0.717) is 33.7 Å². The van der Waals surface area contributed by atoms with Gasteiger partial charge in [0.25, 0.3) is 5.91 Å². The summed E-state index contributed by atoms with van der Waals surface area (Å²) in [7, 11) is 0. The number of benzene rings is 2. The number of aromatic nitrogens is 3. The summed E-state index contributed by atoms with van der Waals surface area (Å²) in [6.07, 6.45) is 1.72. The molecule has 0 radical (unpaired) electrons. The van der Waals surface area contributed by atoms with Crippen LogP contribution in [0.5, 0.6) is 0 Å². The third kappa shape index (κ3) is 6.06. The van der Waals surface area contributed by atoms with Crippen LogP contribution in [0.3, 0.4) is 0 Å². The minimum absolute atomic E-state index is 0.00343. The average molecular weight is 520 g/mol. The van der Waals surface area contributed by atoms with Crippen molar-refractivity contribution in [3.05, 3.63) is 87.6 Å². The number of Topliss-reactive ketones (excluding diaryl/α,β-unsaturated/α-hetero) is 1. The molecule has 0 aliphatic rings. The lowest BCUT2D eigenvalue weighted by molar-refractivity contribution is 0.0937. The lowest BCUT2D eigenvalue weighted by Crippen LogP contribution is -2.28. The number of amides is 1. The molecule has 1 aromatic heterocycles. The Morgan fingerprint density at radius 1 is 1.16 bits per heavy atom. The number of carbonyl (C=O) groups is 2. The highest BCUT2D eigenvalue weighted by Crippen LogP contribution is 2.23. The van der Waals surface area contributed by atoms with Gasteiger partial charge in [0.2, 0.25) is 0 Å². The number of rotatable bonds is 9. The first-order valence-electron chi connectivity index (χ1n) is 9.41. The van der Waals surface area contributed by atoms with Crippen molar-refractivity contribution in [3.63, 3.8) is 0 Å². The van der Waals surface area contributed by atoms with E-state index in [2.05, 4.69) is 38.0 Å². The lowest BCUT2D eigenvalue weighted by atomic mass is 10.2. The highest BCUT2D eigenvalue weighted by Gasteiger charge is 2.20. The molecule has 0 aliphatic carbocycles. The van der Waals surface area contributed by atoms with Crippen molar-refractivity contribution in [2.45, 2.75) is 24.7 Å². The Morgan fingerprint density at radius 3 is 2.45 bits per heavy atom. The van der Waals surface area contributed by atoms with Crippen LogP contribution >= 0.6 is 39.3 Å². The van der Waals surface area contributed by atoms with Crippen LogP contribution in [0, 0.1) is 0 Å². The number of nitrogens with zero attached hydrogens (tertiary/aromatic N) is 3.